The zero-order valence-corrected chi connectivity index (χ0v) is 10.2. The number of fused-ring (bicyclic) bond motifs is 3. The Kier molecular flexibility index (Phi) is 2.68. The minimum absolute atomic E-state index is 0.0514. The molecule has 1 N–H and O–H groups in total. The van der Waals surface area contributed by atoms with Crippen molar-refractivity contribution in [3.05, 3.63) is 42.5 Å². The monoisotopic (exact) mass is 259 g/mol. The molecule has 0 aliphatic carbocycles. The number of benzene rings is 2. The van der Waals surface area contributed by atoms with Crippen LogP contribution < -0.4 is 5.32 Å². The van der Waals surface area contributed by atoms with Crippen LogP contribution in [-0.2, 0) is 4.79 Å². The van der Waals surface area contributed by atoms with Gasteiger partial charge in [0.1, 0.15) is 17.0 Å². The van der Waals surface area contributed by atoms with E-state index in [1.165, 1.54) is 0 Å². The maximum Gasteiger partial charge on any atom is 0.239 e. The second-order valence-corrected chi connectivity index (χ2v) is 4.26. The molecular formula is C14H10ClNO2. The second-order valence-electron chi connectivity index (χ2n) is 3.99. The van der Waals surface area contributed by atoms with Gasteiger partial charge in [0.05, 0.1) is 0 Å². The fraction of sp³-hybridized carbons (Fsp3) is 0.0714. The average molecular weight is 260 g/mol. The van der Waals surface area contributed by atoms with Crippen LogP contribution in [0.5, 0.6) is 0 Å². The lowest BCUT2D eigenvalue weighted by atomic mass is 10.1. The molecule has 3 rings (SSSR count). The molecule has 0 fully saturated rings. The second kappa shape index (κ2) is 4.35. The Hall–Kier alpha value is -2.00. The first-order valence-electron chi connectivity index (χ1n) is 5.55. The third-order valence-corrected chi connectivity index (χ3v) is 3.02. The normalized spacial score (nSPS) is 10.9. The molecule has 1 aromatic heterocycles. The number of anilines is 1. The fourth-order valence-electron chi connectivity index (χ4n) is 2.00. The summed E-state index contributed by atoms with van der Waals surface area (Å²) < 4.78 is 5.70. The maximum atomic E-state index is 11.3. The molecule has 0 radical (unpaired) electrons. The third-order valence-electron chi connectivity index (χ3n) is 2.78. The molecular weight excluding hydrogens is 250 g/mol. The van der Waals surface area contributed by atoms with Crippen LogP contribution in [0.3, 0.4) is 0 Å². The van der Waals surface area contributed by atoms with Crippen LogP contribution in [0.1, 0.15) is 0 Å². The van der Waals surface area contributed by atoms with Crippen LogP contribution in [0, 0.1) is 0 Å². The summed E-state index contributed by atoms with van der Waals surface area (Å²) in [5, 5.41) is 4.75. The highest BCUT2D eigenvalue weighted by atomic mass is 35.5. The summed E-state index contributed by atoms with van der Waals surface area (Å²) in [5.74, 6) is -0.270. The van der Waals surface area contributed by atoms with E-state index >= 15 is 0 Å². The van der Waals surface area contributed by atoms with E-state index in [1.807, 2.05) is 36.4 Å². The van der Waals surface area contributed by atoms with Gasteiger partial charge in [-0.15, -0.1) is 11.6 Å². The molecule has 0 bridgehead atoms. The van der Waals surface area contributed by atoms with Gasteiger partial charge >= 0.3 is 0 Å². The molecule has 1 amide bonds. The van der Waals surface area contributed by atoms with Crippen molar-refractivity contribution in [3.8, 4) is 0 Å². The molecule has 0 saturated heterocycles. The van der Waals surface area contributed by atoms with Gasteiger partial charge in [-0.2, -0.15) is 0 Å². The highest BCUT2D eigenvalue weighted by molar-refractivity contribution is 6.29. The minimum atomic E-state index is -0.219. The van der Waals surface area contributed by atoms with Crippen LogP contribution in [0.15, 0.2) is 46.9 Å². The number of furan rings is 1. The number of para-hydroxylation sites is 1. The number of amides is 1. The number of halogens is 1. The third kappa shape index (κ3) is 1.83. The van der Waals surface area contributed by atoms with Crippen LogP contribution >= 0.6 is 11.6 Å². The van der Waals surface area contributed by atoms with Crippen molar-refractivity contribution in [1.29, 1.82) is 0 Å². The molecule has 2 aromatic carbocycles. The molecule has 0 saturated carbocycles. The zero-order valence-electron chi connectivity index (χ0n) is 9.44. The van der Waals surface area contributed by atoms with Crippen LogP contribution in [-0.4, -0.2) is 11.8 Å². The topological polar surface area (TPSA) is 42.2 Å². The SMILES string of the molecule is O=C(CCl)Nc1ccc2oc3ccccc3c2c1. The zero-order chi connectivity index (χ0) is 12.5. The summed E-state index contributed by atoms with van der Waals surface area (Å²) in [4.78, 5) is 11.3. The van der Waals surface area contributed by atoms with Gasteiger partial charge in [0.15, 0.2) is 0 Å². The Morgan fingerprint density at radius 2 is 1.89 bits per heavy atom. The summed E-state index contributed by atoms with van der Waals surface area (Å²) in [7, 11) is 0. The number of hydrogen-bond acceptors (Lipinski definition) is 2. The van der Waals surface area contributed by atoms with Gasteiger partial charge in [0.25, 0.3) is 0 Å². The van der Waals surface area contributed by atoms with Crippen LogP contribution in [0.25, 0.3) is 21.9 Å². The number of rotatable bonds is 2. The smallest absolute Gasteiger partial charge is 0.239 e. The Bertz CT molecular complexity index is 733. The maximum absolute atomic E-state index is 11.3. The Morgan fingerprint density at radius 3 is 2.72 bits per heavy atom. The lowest BCUT2D eigenvalue weighted by Crippen LogP contribution is -2.12. The molecule has 1 heterocycles. The van der Waals surface area contributed by atoms with Gasteiger partial charge in [0.2, 0.25) is 5.91 Å². The van der Waals surface area contributed by atoms with Gasteiger partial charge in [-0.1, -0.05) is 18.2 Å². The molecule has 3 nitrogen and oxygen atoms in total. The summed E-state index contributed by atoms with van der Waals surface area (Å²) >= 11 is 5.46. The summed E-state index contributed by atoms with van der Waals surface area (Å²) in [5.41, 5.74) is 2.37. The van der Waals surface area contributed by atoms with Crippen molar-refractivity contribution < 1.29 is 9.21 Å². The van der Waals surface area contributed by atoms with Gasteiger partial charge in [-0.3, -0.25) is 4.79 Å². The lowest BCUT2D eigenvalue weighted by Gasteiger charge is -2.02. The van der Waals surface area contributed by atoms with E-state index in [0.29, 0.717) is 0 Å². The molecule has 0 aliphatic heterocycles. The lowest BCUT2D eigenvalue weighted by molar-refractivity contribution is -0.113. The Morgan fingerprint density at radius 1 is 1.11 bits per heavy atom. The van der Waals surface area contributed by atoms with E-state index in [4.69, 9.17) is 16.0 Å². The average Bonchev–Trinajstić information content (AvgIpc) is 2.77. The van der Waals surface area contributed by atoms with Crippen molar-refractivity contribution in [2.45, 2.75) is 0 Å². The summed E-state index contributed by atoms with van der Waals surface area (Å²) in [6.07, 6.45) is 0. The molecule has 0 atom stereocenters. The molecule has 3 aromatic rings. The predicted octanol–water partition coefficient (Wildman–Crippen LogP) is 3.76. The van der Waals surface area contributed by atoms with Crippen LogP contribution in [0.4, 0.5) is 5.69 Å². The number of carbonyl (C=O) groups is 1. The molecule has 90 valence electrons. The van der Waals surface area contributed by atoms with Gasteiger partial charge in [-0.25, -0.2) is 0 Å². The summed E-state index contributed by atoms with van der Waals surface area (Å²) in [6, 6.07) is 13.4. The first-order valence-corrected chi connectivity index (χ1v) is 6.08. The molecule has 0 aliphatic rings. The highest BCUT2D eigenvalue weighted by Gasteiger charge is 2.07. The van der Waals surface area contributed by atoms with E-state index in [2.05, 4.69) is 5.32 Å². The first kappa shape index (κ1) is 11.1. The molecule has 0 spiro atoms. The number of hydrogen-bond donors (Lipinski definition) is 1. The molecule has 0 unspecified atom stereocenters. The Balaban J connectivity index is 2.15. The van der Waals surface area contributed by atoms with Gasteiger partial charge in [0, 0.05) is 16.5 Å². The van der Waals surface area contributed by atoms with Crippen molar-refractivity contribution in [1.82, 2.24) is 0 Å². The van der Waals surface area contributed by atoms with E-state index in [0.717, 1.165) is 27.6 Å². The highest BCUT2D eigenvalue weighted by Crippen LogP contribution is 2.30. The van der Waals surface area contributed by atoms with E-state index in [9.17, 15) is 4.79 Å². The van der Waals surface area contributed by atoms with Crippen molar-refractivity contribution in [2.75, 3.05) is 11.2 Å². The largest absolute Gasteiger partial charge is 0.456 e. The number of nitrogens with one attached hydrogen (secondary N) is 1. The summed E-state index contributed by atoms with van der Waals surface area (Å²) in [6.45, 7) is 0. The number of alkyl halides is 1. The predicted molar refractivity (Wildman–Crippen MR) is 73.1 cm³/mol. The first-order chi connectivity index (χ1) is 8.78. The Labute approximate surface area is 108 Å². The van der Waals surface area contributed by atoms with Crippen LogP contribution in [0.2, 0.25) is 0 Å². The van der Waals surface area contributed by atoms with E-state index < -0.39 is 0 Å². The fourth-order valence-corrected chi connectivity index (χ4v) is 2.07. The van der Waals surface area contributed by atoms with E-state index in [-0.39, 0.29) is 11.8 Å². The van der Waals surface area contributed by atoms with Crippen molar-refractivity contribution >= 4 is 45.1 Å². The molecule has 4 heteroatoms. The van der Waals surface area contributed by atoms with Gasteiger partial charge < -0.3 is 9.73 Å². The molecule has 18 heavy (non-hydrogen) atoms. The quantitative estimate of drug-likeness (QED) is 0.712. The van der Waals surface area contributed by atoms with Crippen molar-refractivity contribution in [3.63, 3.8) is 0 Å². The standard InChI is InChI=1S/C14H10ClNO2/c15-8-14(17)16-9-5-6-13-11(7-9)10-3-1-2-4-12(10)18-13/h1-7H,8H2,(H,16,17). The van der Waals surface area contributed by atoms with E-state index in [1.54, 1.807) is 6.07 Å². The number of carbonyl (C=O) groups excluding carboxylic acids is 1. The van der Waals surface area contributed by atoms with Crippen molar-refractivity contribution in [2.24, 2.45) is 0 Å². The van der Waals surface area contributed by atoms with Gasteiger partial charge in [-0.05, 0) is 24.3 Å². The minimum Gasteiger partial charge on any atom is -0.456 e.